The predicted molar refractivity (Wildman–Crippen MR) is 91.7 cm³/mol. The fourth-order valence-corrected chi connectivity index (χ4v) is 3.00. The summed E-state index contributed by atoms with van der Waals surface area (Å²) in [5, 5.41) is 9.48. The van der Waals surface area contributed by atoms with Crippen LogP contribution in [0, 0.1) is 13.8 Å². The first-order chi connectivity index (χ1) is 11.4. The summed E-state index contributed by atoms with van der Waals surface area (Å²) in [5.41, 5.74) is 3.72. The number of esters is 1. The van der Waals surface area contributed by atoms with E-state index in [1.807, 2.05) is 18.2 Å². The van der Waals surface area contributed by atoms with Crippen molar-refractivity contribution in [2.75, 3.05) is 6.61 Å². The van der Waals surface area contributed by atoms with Gasteiger partial charge < -0.3 is 14.4 Å². The van der Waals surface area contributed by atoms with Crippen molar-refractivity contribution in [1.29, 1.82) is 0 Å². The van der Waals surface area contributed by atoms with Gasteiger partial charge in [-0.25, -0.2) is 9.59 Å². The third-order valence-electron chi connectivity index (χ3n) is 4.19. The summed E-state index contributed by atoms with van der Waals surface area (Å²) in [4.78, 5) is 23.9. The van der Waals surface area contributed by atoms with Gasteiger partial charge >= 0.3 is 11.9 Å². The second kappa shape index (κ2) is 7.34. The first-order valence-corrected chi connectivity index (χ1v) is 8.08. The Balaban J connectivity index is 2.56. The molecule has 2 rings (SSSR count). The summed E-state index contributed by atoms with van der Waals surface area (Å²) < 4.78 is 6.87. The van der Waals surface area contributed by atoms with Crippen LogP contribution in [0.5, 0.6) is 0 Å². The molecule has 0 unspecified atom stereocenters. The number of carboxylic acids is 1. The molecule has 0 aliphatic carbocycles. The first kappa shape index (κ1) is 17.8. The smallest absolute Gasteiger partial charge is 0.355 e. The van der Waals surface area contributed by atoms with Gasteiger partial charge in [-0.15, -0.1) is 0 Å². The zero-order chi connectivity index (χ0) is 17.9. The Morgan fingerprint density at radius 3 is 2.42 bits per heavy atom. The summed E-state index contributed by atoms with van der Waals surface area (Å²) in [6, 6.07) is 8.07. The van der Waals surface area contributed by atoms with Gasteiger partial charge in [-0.2, -0.15) is 0 Å². The molecule has 128 valence electrons. The number of carboxylic acid groups (broad SMARTS) is 1. The highest BCUT2D eigenvalue weighted by Crippen LogP contribution is 2.24. The lowest BCUT2D eigenvalue weighted by molar-refractivity contribution is 0.0513. The molecule has 0 saturated heterocycles. The zero-order valence-electron chi connectivity index (χ0n) is 14.5. The molecule has 2 aromatic rings. The Kier molecular flexibility index (Phi) is 5.44. The van der Waals surface area contributed by atoms with E-state index < -0.39 is 11.9 Å². The van der Waals surface area contributed by atoms with E-state index in [1.54, 1.807) is 25.3 Å². The molecule has 0 radical (unpaired) electrons. The van der Waals surface area contributed by atoms with Gasteiger partial charge in [-0.3, -0.25) is 0 Å². The maximum Gasteiger partial charge on any atom is 0.355 e. The van der Waals surface area contributed by atoms with Gasteiger partial charge in [0.2, 0.25) is 0 Å². The quantitative estimate of drug-likeness (QED) is 0.822. The zero-order valence-corrected chi connectivity index (χ0v) is 14.5. The highest BCUT2D eigenvalue weighted by atomic mass is 16.5. The highest BCUT2D eigenvalue weighted by molar-refractivity contribution is 5.98. The van der Waals surface area contributed by atoms with Crippen LogP contribution in [0.25, 0.3) is 0 Å². The van der Waals surface area contributed by atoms with Crippen molar-refractivity contribution < 1.29 is 19.4 Å². The number of rotatable bonds is 6. The van der Waals surface area contributed by atoms with Gasteiger partial charge in [-0.05, 0) is 43.9 Å². The lowest BCUT2D eigenvalue weighted by Gasteiger charge is -2.12. The topological polar surface area (TPSA) is 68.5 Å². The summed E-state index contributed by atoms with van der Waals surface area (Å²) >= 11 is 0. The molecule has 0 amide bonds. The molecule has 1 aromatic carbocycles. The Bertz CT molecular complexity index is 774. The van der Waals surface area contributed by atoms with Crippen LogP contribution in [0.1, 0.15) is 57.1 Å². The van der Waals surface area contributed by atoms with Crippen LogP contribution in [-0.4, -0.2) is 28.2 Å². The summed E-state index contributed by atoms with van der Waals surface area (Å²) in [6.45, 7) is 7.87. The van der Waals surface area contributed by atoms with Crippen molar-refractivity contribution in [2.45, 2.75) is 40.7 Å². The normalized spacial score (nSPS) is 10.7. The molecule has 0 bridgehead atoms. The Morgan fingerprint density at radius 2 is 1.83 bits per heavy atom. The van der Waals surface area contributed by atoms with Crippen molar-refractivity contribution in [2.24, 2.45) is 0 Å². The lowest BCUT2D eigenvalue weighted by atomic mass is 10.1. The van der Waals surface area contributed by atoms with Gasteiger partial charge in [-0.1, -0.05) is 31.2 Å². The third kappa shape index (κ3) is 3.35. The van der Waals surface area contributed by atoms with Crippen molar-refractivity contribution in [1.82, 2.24) is 4.57 Å². The van der Waals surface area contributed by atoms with Gasteiger partial charge in [0.05, 0.1) is 12.2 Å². The monoisotopic (exact) mass is 329 g/mol. The molecular formula is C19H23NO4. The Labute approximate surface area is 141 Å². The van der Waals surface area contributed by atoms with E-state index in [2.05, 4.69) is 13.0 Å². The maximum absolute atomic E-state index is 12.4. The van der Waals surface area contributed by atoms with Crippen LogP contribution in [-0.2, 0) is 17.7 Å². The number of hydrogen-bond acceptors (Lipinski definition) is 3. The molecule has 5 heteroatoms. The fourth-order valence-electron chi connectivity index (χ4n) is 3.00. The number of ether oxygens (including phenoxy) is 1. The molecule has 0 aliphatic heterocycles. The average molecular weight is 329 g/mol. The summed E-state index contributed by atoms with van der Waals surface area (Å²) in [6.07, 6.45) is 0.919. The van der Waals surface area contributed by atoms with Crippen LogP contribution in [0.3, 0.4) is 0 Å². The minimum atomic E-state index is -1.03. The summed E-state index contributed by atoms with van der Waals surface area (Å²) in [5.74, 6) is -1.52. The van der Waals surface area contributed by atoms with E-state index in [9.17, 15) is 14.7 Å². The van der Waals surface area contributed by atoms with Crippen molar-refractivity contribution in [3.63, 3.8) is 0 Å². The number of carbonyl (C=O) groups is 2. The molecule has 0 aliphatic rings. The average Bonchev–Trinajstić information content (AvgIpc) is 2.78. The Morgan fingerprint density at radius 1 is 1.17 bits per heavy atom. The number of nitrogens with zero attached hydrogens (tertiary/aromatic N) is 1. The molecular weight excluding hydrogens is 306 g/mol. The lowest BCUT2D eigenvalue weighted by Crippen LogP contribution is -2.15. The van der Waals surface area contributed by atoms with E-state index in [0.717, 1.165) is 12.0 Å². The third-order valence-corrected chi connectivity index (χ3v) is 4.19. The minimum Gasteiger partial charge on any atom is -0.478 e. The van der Waals surface area contributed by atoms with Crippen molar-refractivity contribution in [3.8, 4) is 0 Å². The molecule has 0 spiro atoms. The van der Waals surface area contributed by atoms with Gasteiger partial charge in [0.25, 0.3) is 0 Å². The van der Waals surface area contributed by atoms with Crippen LogP contribution in [0.2, 0.25) is 0 Å². The van der Waals surface area contributed by atoms with E-state index in [4.69, 9.17) is 4.74 Å². The number of hydrogen-bond donors (Lipinski definition) is 1. The molecule has 1 N–H and O–H groups in total. The van der Waals surface area contributed by atoms with Gasteiger partial charge in [0, 0.05) is 12.2 Å². The predicted octanol–water partition coefficient (Wildman–Crippen LogP) is 3.59. The molecule has 1 aromatic heterocycles. The number of aryl methyl sites for hydroxylation is 1. The van der Waals surface area contributed by atoms with E-state index in [1.165, 1.54) is 5.56 Å². The van der Waals surface area contributed by atoms with Crippen LogP contribution in [0.15, 0.2) is 24.3 Å². The number of benzene rings is 1. The van der Waals surface area contributed by atoms with E-state index >= 15 is 0 Å². The standard InChI is InChI=1S/C19H23NO4/c1-5-14-8-7-9-15(10-14)11-20-13(4)16(18(21)22)12(3)17(20)19(23)24-6-2/h7-10H,5-6,11H2,1-4H3,(H,21,22). The second-order valence-electron chi connectivity index (χ2n) is 5.72. The highest BCUT2D eigenvalue weighted by Gasteiger charge is 2.27. The van der Waals surface area contributed by atoms with Crippen LogP contribution >= 0.6 is 0 Å². The molecule has 0 saturated carbocycles. The van der Waals surface area contributed by atoms with Crippen molar-refractivity contribution in [3.05, 3.63) is 57.9 Å². The largest absolute Gasteiger partial charge is 0.478 e. The van der Waals surface area contributed by atoms with Gasteiger partial charge in [0.1, 0.15) is 5.69 Å². The van der Waals surface area contributed by atoms with E-state index in [0.29, 0.717) is 23.5 Å². The number of aromatic nitrogens is 1. The molecule has 5 nitrogen and oxygen atoms in total. The van der Waals surface area contributed by atoms with Crippen LogP contribution < -0.4 is 0 Å². The molecule has 24 heavy (non-hydrogen) atoms. The maximum atomic E-state index is 12.4. The minimum absolute atomic E-state index is 0.171. The summed E-state index contributed by atoms with van der Waals surface area (Å²) in [7, 11) is 0. The SMILES string of the molecule is CCOC(=O)c1c(C)c(C(=O)O)c(C)n1Cc1cccc(CC)c1. The number of aromatic carboxylic acids is 1. The molecule has 0 atom stereocenters. The first-order valence-electron chi connectivity index (χ1n) is 8.08. The molecule has 0 fully saturated rings. The van der Waals surface area contributed by atoms with Crippen LogP contribution in [0.4, 0.5) is 0 Å². The van der Waals surface area contributed by atoms with Crippen molar-refractivity contribution >= 4 is 11.9 Å². The molecule has 1 heterocycles. The number of carbonyl (C=O) groups excluding carboxylic acids is 1. The van der Waals surface area contributed by atoms with E-state index in [-0.39, 0.29) is 12.2 Å². The fraction of sp³-hybridized carbons (Fsp3) is 0.368. The Hall–Kier alpha value is -2.56. The van der Waals surface area contributed by atoms with Gasteiger partial charge in [0.15, 0.2) is 0 Å². The second-order valence-corrected chi connectivity index (χ2v) is 5.72.